The van der Waals surface area contributed by atoms with Gasteiger partial charge in [-0.3, -0.25) is 4.79 Å². The number of imidazole rings is 1. The predicted octanol–water partition coefficient (Wildman–Crippen LogP) is 2.45. The number of carbonyl (C=O) groups excluding carboxylic acids is 1. The summed E-state index contributed by atoms with van der Waals surface area (Å²) in [5.74, 6) is 2.37. The molecule has 8 nitrogen and oxygen atoms in total. The van der Waals surface area contributed by atoms with Crippen LogP contribution in [0.4, 0.5) is 5.82 Å². The minimum Gasteiger partial charge on any atom is -0.497 e. The van der Waals surface area contributed by atoms with Crippen LogP contribution in [0.3, 0.4) is 0 Å². The van der Waals surface area contributed by atoms with Gasteiger partial charge < -0.3 is 19.9 Å². The predicted molar refractivity (Wildman–Crippen MR) is 103 cm³/mol. The van der Waals surface area contributed by atoms with Crippen LogP contribution in [0, 0.1) is 0 Å². The zero-order chi connectivity index (χ0) is 18.6. The molecule has 1 aliphatic rings. The van der Waals surface area contributed by atoms with E-state index in [9.17, 15) is 4.79 Å². The molecule has 1 aliphatic heterocycles. The van der Waals surface area contributed by atoms with Crippen LogP contribution in [-0.4, -0.2) is 57.5 Å². The first-order valence-corrected chi connectivity index (χ1v) is 9.12. The Labute approximate surface area is 157 Å². The number of nitrogens with zero attached hydrogens (tertiary/aromatic N) is 4. The highest BCUT2D eigenvalue weighted by atomic mass is 16.5. The molecule has 1 fully saturated rings. The second-order valence-electron chi connectivity index (χ2n) is 6.49. The summed E-state index contributed by atoms with van der Waals surface area (Å²) >= 11 is 0. The molecule has 0 saturated carbocycles. The average molecular weight is 366 g/mol. The summed E-state index contributed by atoms with van der Waals surface area (Å²) in [6.45, 7) is 2.37. The molecule has 2 N–H and O–H groups in total. The molecule has 140 valence electrons. The third kappa shape index (κ3) is 3.69. The van der Waals surface area contributed by atoms with Crippen molar-refractivity contribution in [3.05, 3.63) is 30.6 Å². The molecule has 0 bridgehead atoms. The number of hydrogen-bond acceptors (Lipinski definition) is 6. The maximum Gasteiger partial charge on any atom is 0.222 e. The van der Waals surface area contributed by atoms with E-state index in [0.29, 0.717) is 17.9 Å². The van der Waals surface area contributed by atoms with E-state index in [-0.39, 0.29) is 5.91 Å². The van der Waals surface area contributed by atoms with Crippen LogP contribution in [-0.2, 0) is 4.79 Å². The van der Waals surface area contributed by atoms with Crippen LogP contribution < -0.4 is 10.1 Å². The normalized spacial score (nSPS) is 14.1. The number of likely N-dealkylation sites (tertiary alicyclic amines) is 1. The summed E-state index contributed by atoms with van der Waals surface area (Å²) in [6.07, 6.45) is 4.13. The molecule has 1 aromatic carbocycles. The van der Waals surface area contributed by atoms with Gasteiger partial charge in [-0.25, -0.2) is 15.0 Å². The lowest BCUT2D eigenvalue weighted by atomic mass is 10.2. The van der Waals surface area contributed by atoms with E-state index in [1.54, 1.807) is 13.4 Å². The second-order valence-corrected chi connectivity index (χ2v) is 6.49. The summed E-state index contributed by atoms with van der Waals surface area (Å²) in [5.41, 5.74) is 2.30. The summed E-state index contributed by atoms with van der Waals surface area (Å²) in [7, 11) is 1.64. The van der Waals surface area contributed by atoms with E-state index in [2.05, 4.69) is 25.3 Å². The number of aromatic amines is 1. The van der Waals surface area contributed by atoms with Crippen LogP contribution in [0.1, 0.15) is 19.3 Å². The standard InChI is InChI=1S/C19H22N6O2/c1-27-14-7-5-13(6-8-14)17-23-18(16-19(24-17)22-12-21-16)20-9-3-11-25-10-2-4-15(25)26/h5-8,12H,2-4,9-11H2,1H3,(H2,20,21,22,23,24). The first-order valence-electron chi connectivity index (χ1n) is 9.12. The van der Waals surface area contributed by atoms with E-state index < -0.39 is 0 Å². The molecule has 8 heteroatoms. The van der Waals surface area contributed by atoms with Crippen molar-refractivity contribution < 1.29 is 9.53 Å². The number of hydrogen-bond donors (Lipinski definition) is 2. The number of nitrogens with one attached hydrogen (secondary N) is 2. The molecule has 3 aromatic rings. The molecule has 27 heavy (non-hydrogen) atoms. The number of ether oxygens (including phenoxy) is 1. The first kappa shape index (κ1) is 17.3. The Morgan fingerprint density at radius 3 is 2.85 bits per heavy atom. The maximum absolute atomic E-state index is 11.7. The van der Waals surface area contributed by atoms with Crippen LogP contribution in [0.2, 0.25) is 0 Å². The monoisotopic (exact) mass is 366 g/mol. The Bertz CT molecular complexity index is 937. The molecule has 2 aromatic heterocycles. The van der Waals surface area contributed by atoms with Gasteiger partial charge in [-0.05, 0) is 37.1 Å². The van der Waals surface area contributed by atoms with Crippen molar-refractivity contribution in [1.29, 1.82) is 0 Å². The van der Waals surface area contributed by atoms with Gasteiger partial charge in [0.05, 0.1) is 13.4 Å². The maximum atomic E-state index is 11.7. The smallest absolute Gasteiger partial charge is 0.222 e. The summed E-state index contributed by atoms with van der Waals surface area (Å²) in [4.78, 5) is 30.2. The minimum atomic E-state index is 0.259. The number of methoxy groups -OCH3 is 1. The van der Waals surface area contributed by atoms with Crippen molar-refractivity contribution in [3.63, 3.8) is 0 Å². The summed E-state index contributed by atoms with van der Waals surface area (Å²) in [5, 5.41) is 3.36. The van der Waals surface area contributed by atoms with E-state index in [0.717, 1.165) is 55.1 Å². The molecule has 0 atom stereocenters. The number of aromatic nitrogens is 4. The van der Waals surface area contributed by atoms with Crippen molar-refractivity contribution in [2.45, 2.75) is 19.3 Å². The number of H-pyrrole nitrogens is 1. The third-order valence-electron chi connectivity index (χ3n) is 4.70. The number of fused-ring (bicyclic) bond motifs is 1. The van der Waals surface area contributed by atoms with Gasteiger partial charge in [-0.1, -0.05) is 0 Å². The molecule has 4 rings (SSSR count). The topological polar surface area (TPSA) is 96.0 Å². The Kier molecular flexibility index (Phi) is 4.86. The molecule has 1 saturated heterocycles. The lowest BCUT2D eigenvalue weighted by Crippen LogP contribution is -2.27. The van der Waals surface area contributed by atoms with Gasteiger partial charge in [0.25, 0.3) is 0 Å². The zero-order valence-electron chi connectivity index (χ0n) is 15.2. The molecule has 1 amide bonds. The Morgan fingerprint density at radius 2 is 2.11 bits per heavy atom. The largest absolute Gasteiger partial charge is 0.497 e. The molecule has 0 aliphatic carbocycles. The van der Waals surface area contributed by atoms with Crippen LogP contribution >= 0.6 is 0 Å². The van der Waals surface area contributed by atoms with Gasteiger partial charge >= 0.3 is 0 Å². The van der Waals surface area contributed by atoms with Crippen molar-refractivity contribution in [2.24, 2.45) is 0 Å². The summed E-state index contributed by atoms with van der Waals surface area (Å²) in [6, 6.07) is 7.62. The average Bonchev–Trinajstić information content (AvgIpc) is 3.34. The van der Waals surface area contributed by atoms with Crippen LogP contribution in [0.25, 0.3) is 22.6 Å². The number of anilines is 1. The Morgan fingerprint density at radius 1 is 1.26 bits per heavy atom. The van der Waals surface area contributed by atoms with Gasteiger partial charge in [0.2, 0.25) is 5.91 Å². The highest BCUT2D eigenvalue weighted by Crippen LogP contribution is 2.24. The fourth-order valence-electron chi connectivity index (χ4n) is 3.25. The van der Waals surface area contributed by atoms with Crippen LogP contribution in [0.5, 0.6) is 5.75 Å². The van der Waals surface area contributed by atoms with Crippen molar-refractivity contribution in [1.82, 2.24) is 24.8 Å². The fraction of sp³-hybridized carbons (Fsp3) is 0.368. The number of benzene rings is 1. The summed E-state index contributed by atoms with van der Waals surface area (Å²) < 4.78 is 5.20. The second kappa shape index (κ2) is 7.61. The lowest BCUT2D eigenvalue weighted by molar-refractivity contribution is -0.127. The molecular weight excluding hydrogens is 344 g/mol. The van der Waals surface area contributed by atoms with E-state index in [4.69, 9.17) is 4.74 Å². The highest BCUT2D eigenvalue weighted by molar-refractivity contribution is 5.84. The molecule has 3 heterocycles. The number of amides is 1. The van der Waals surface area contributed by atoms with Gasteiger partial charge in [-0.15, -0.1) is 0 Å². The van der Waals surface area contributed by atoms with Crippen molar-refractivity contribution >= 4 is 22.9 Å². The van der Waals surface area contributed by atoms with Crippen LogP contribution in [0.15, 0.2) is 30.6 Å². The van der Waals surface area contributed by atoms with Gasteiger partial charge in [0, 0.05) is 31.6 Å². The Hall–Kier alpha value is -3.16. The Balaban J connectivity index is 1.49. The molecular formula is C19H22N6O2. The van der Waals surface area contributed by atoms with E-state index >= 15 is 0 Å². The first-order chi connectivity index (χ1) is 13.2. The lowest BCUT2D eigenvalue weighted by Gasteiger charge is -2.15. The van der Waals surface area contributed by atoms with Gasteiger partial charge in [-0.2, -0.15) is 0 Å². The number of carbonyl (C=O) groups is 1. The molecule has 0 spiro atoms. The minimum absolute atomic E-state index is 0.259. The van der Waals surface area contributed by atoms with E-state index in [1.807, 2.05) is 29.2 Å². The van der Waals surface area contributed by atoms with E-state index in [1.165, 1.54) is 0 Å². The van der Waals surface area contributed by atoms with Gasteiger partial charge in [0.1, 0.15) is 11.3 Å². The third-order valence-corrected chi connectivity index (χ3v) is 4.70. The van der Waals surface area contributed by atoms with Gasteiger partial charge in [0.15, 0.2) is 17.3 Å². The molecule has 0 radical (unpaired) electrons. The number of rotatable bonds is 7. The fourth-order valence-corrected chi connectivity index (χ4v) is 3.25. The van der Waals surface area contributed by atoms with Crippen molar-refractivity contribution in [3.8, 4) is 17.1 Å². The SMILES string of the molecule is COc1ccc(-c2nc(NCCCN3CCCC3=O)c3[nH]cnc3n2)cc1. The quantitative estimate of drug-likeness (QED) is 0.624. The molecule has 0 unspecified atom stereocenters. The van der Waals surface area contributed by atoms with Crippen molar-refractivity contribution in [2.75, 3.05) is 32.1 Å². The highest BCUT2D eigenvalue weighted by Gasteiger charge is 2.19. The zero-order valence-corrected chi connectivity index (χ0v) is 15.2.